The molecular formula is C21H19N3O4. The van der Waals surface area contributed by atoms with Crippen molar-refractivity contribution in [3.63, 3.8) is 0 Å². The van der Waals surface area contributed by atoms with Crippen molar-refractivity contribution < 1.29 is 19.0 Å². The number of hydrogen-bond acceptors (Lipinski definition) is 6. The molecule has 1 aliphatic heterocycles. The number of ether oxygens (including phenoxy) is 3. The summed E-state index contributed by atoms with van der Waals surface area (Å²) in [5.41, 5.74) is 2.91. The van der Waals surface area contributed by atoms with Crippen LogP contribution in [0.4, 0.5) is 17.2 Å². The fourth-order valence-electron chi connectivity index (χ4n) is 2.84. The molecule has 1 amide bonds. The minimum absolute atomic E-state index is 0.229. The largest absolute Gasteiger partial charge is 0.495 e. The van der Waals surface area contributed by atoms with Crippen molar-refractivity contribution in [2.45, 2.75) is 6.92 Å². The predicted octanol–water partition coefficient (Wildman–Crippen LogP) is 4.12. The van der Waals surface area contributed by atoms with E-state index < -0.39 is 0 Å². The SMILES string of the molecule is COc1ccc(C)cc1NC(=O)c1ccc(Nc2ccc3c(c2)OCO3)nc1. The lowest BCUT2D eigenvalue weighted by atomic mass is 10.2. The molecule has 2 heterocycles. The number of carbonyl (C=O) groups excluding carboxylic acids is 1. The fraction of sp³-hybridized carbons (Fsp3) is 0.143. The number of carbonyl (C=O) groups is 1. The molecule has 1 aliphatic rings. The quantitative estimate of drug-likeness (QED) is 0.696. The third kappa shape index (κ3) is 3.68. The number of fused-ring (bicyclic) bond motifs is 1. The molecule has 0 bridgehead atoms. The molecule has 0 atom stereocenters. The Kier molecular flexibility index (Phi) is 4.72. The van der Waals surface area contributed by atoms with Gasteiger partial charge in [-0.2, -0.15) is 0 Å². The standard InChI is InChI=1S/C21H19N3O4/c1-13-3-6-17(26-2)16(9-13)24-21(25)14-4-8-20(22-11-14)23-15-5-7-18-19(10-15)28-12-27-18/h3-11H,12H2,1-2H3,(H,22,23)(H,24,25). The highest BCUT2D eigenvalue weighted by atomic mass is 16.7. The Balaban J connectivity index is 1.46. The van der Waals surface area contributed by atoms with Crippen molar-refractivity contribution in [3.05, 3.63) is 65.9 Å². The van der Waals surface area contributed by atoms with Crippen LogP contribution < -0.4 is 24.8 Å². The van der Waals surface area contributed by atoms with Gasteiger partial charge in [0.15, 0.2) is 11.5 Å². The zero-order valence-corrected chi connectivity index (χ0v) is 15.5. The van der Waals surface area contributed by atoms with Gasteiger partial charge < -0.3 is 24.8 Å². The number of nitrogens with one attached hydrogen (secondary N) is 2. The molecule has 0 saturated heterocycles. The van der Waals surface area contributed by atoms with E-state index in [9.17, 15) is 4.79 Å². The maximum Gasteiger partial charge on any atom is 0.257 e. The van der Waals surface area contributed by atoms with Gasteiger partial charge in [0, 0.05) is 18.0 Å². The molecule has 0 saturated carbocycles. The van der Waals surface area contributed by atoms with Gasteiger partial charge in [-0.15, -0.1) is 0 Å². The molecule has 0 fully saturated rings. The smallest absolute Gasteiger partial charge is 0.257 e. The van der Waals surface area contributed by atoms with E-state index in [1.165, 1.54) is 6.20 Å². The van der Waals surface area contributed by atoms with Gasteiger partial charge in [0.25, 0.3) is 5.91 Å². The van der Waals surface area contributed by atoms with Crippen molar-refractivity contribution in [1.29, 1.82) is 0 Å². The van der Waals surface area contributed by atoms with Crippen LogP contribution in [0.25, 0.3) is 0 Å². The van der Waals surface area contributed by atoms with Gasteiger partial charge in [-0.05, 0) is 48.9 Å². The molecule has 0 unspecified atom stereocenters. The lowest BCUT2D eigenvalue weighted by Crippen LogP contribution is -2.13. The Bertz CT molecular complexity index is 1020. The molecular weight excluding hydrogens is 358 g/mol. The van der Waals surface area contributed by atoms with Gasteiger partial charge in [0.05, 0.1) is 18.4 Å². The fourth-order valence-corrected chi connectivity index (χ4v) is 2.84. The number of benzene rings is 2. The third-order valence-electron chi connectivity index (χ3n) is 4.27. The summed E-state index contributed by atoms with van der Waals surface area (Å²) in [6.07, 6.45) is 1.52. The summed E-state index contributed by atoms with van der Waals surface area (Å²) in [4.78, 5) is 16.8. The Labute approximate surface area is 162 Å². The van der Waals surface area contributed by atoms with Crippen molar-refractivity contribution in [2.75, 3.05) is 24.5 Å². The number of rotatable bonds is 5. The molecule has 7 heteroatoms. The van der Waals surface area contributed by atoms with E-state index in [1.807, 2.05) is 43.3 Å². The summed E-state index contributed by atoms with van der Waals surface area (Å²) in [6, 6.07) is 14.6. The highest BCUT2D eigenvalue weighted by Gasteiger charge is 2.14. The lowest BCUT2D eigenvalue weighted by Gasteiger charge is -2.11. The molecule has 28 heavy (non-hydrogen) atoms. The van der Waals surface area contributed by atoms with Crippen LogP contribution in [0.15, 0.2) is 54.7 Å². The summed E-state index contributed by atoms with van der Waals surface area (Å²) in [6.45, 7) is 2.18. The van der Waals surface area contributed by atoms with Gasteiger partial charge in [-0.3, -0.25) is 4.79 Å². The first-order chi connectivity index (χ1) is 13.6. The first kappa shape index (κ1) is 17.7. The van der Waals surface area contributed by atoms with E-state index in [0.717, 1.165) is 17.0 Å². The van der Waals surface area contributed by atoms with Crippen LogP contribution in [-0.4, -0.2) is 24.8 Å². The minimum atomic E-state index is -0.258. The Hall–Kier alpha value is -3.74. The van der Waals surface area contributed by atoms with Gasteiger partial charge in [-0.1, -0.05) is 6.07 Å². The molecule has 0 radical (unpaired) electrons. The molecule has 7 nitrogen and oxygen atoms in total. The maximum atomic E-state index is 12.5. The van der Waals surface area contributed by atoms with Gasteiger partial charge >= 0.3 is 0 Å². The second-order valence-corrected chi connectivity index (χ2v) is 6.28. The van der Waals surface area contributed by atoms with Crippen LogP contribution in [0, 0.1) is 6.92 Å². The molecule has 3 aromatic rings. The number of aryl methyl sites for hydroxylation is 1. The predicted molar refractivity (Wildman–Crippen MR) is 106 cm³/mol. The van der Waals surface area contributed by atoms with E-state index in [4.69, 9.17) is 14.2 Å². The second kappa shape index (κ2) is 7.48. The van der Waals surface area contributed by atoms with Gasteiger partial charge in [0.1, 0.15) is 11.6 Å². The van der Waals surface area contributed by atoms with E-state index >= 15 is 0 Å². The Morgan fingerprint density at radius 3 is 2.71 bits per heavy atom. The monoisotopic (exact) mass is 377 g/mol. The molecule has 2 N–H and O–H groups in total. The van der Waals surface area contributed by atoms with Crippen LogP contribution in [0.2, 0.25) is 0 Å². The van der Waals surface area contributed by atoms with Gasteiger partial charge in [0.2, 0.25) is 6.79 Å². The van der Waals surface area contributed by atoms with Crippen molar-refractivity contribution in [3.8, 4) is 17.2 Å². The average Bonchev–Trinajstić information content (AvgIpc) is 3.16. The first-order valence-corrected chi connectivity index (χ1v) is 8.71. The van der Waals surface area contributed by atoms with Crippen LogP contribution >= 0.6 is 0 Å². The van der Waals surface area contributed by atoms with Crippen LogP contribution in [0.5, 0.6) is 17.2 Å². The normalized spacial score (nSPS) is 11.8. The molecule has 0 spiro atoms. The van der Waals surface area contributed by atoms with E-state index in [1.54, 1.807) is 19.2 Å². The van der Waals surface area contributed by atoms with E-state index in [0.29, 0.717) is 28.6 Å². The molecule has 2 aromatic carbocycles. The highest BCUT2D eigenvalue weighted by molar-refractivity contribution is 6.05. The van der Waals surface area contributed by atoms with Crippen molar-refractivity contribution in [1.82, 2.24) is 4.98 Å². The molecule has 4 rings (SSSR count). The number of anilines is 3. The second-order valence-electron chi connectivity index (χ2n) is 6.28. The summed E-state index contributed by atoms with van der Waals surface area (Å²) < 4.78 is 16.0. The highest BCUT2D eigenvalue weighted by Crippen LogP contribution is 2.35. The number of aromatic nitrogens is 1. The molecule has 1 aromatic heterocycles. The average molecular weight is 377 g/mol. The summed E-state index contributed by atoms with van der Waals surface area (Å²) in [7, 11) is 1.57. The Morgan fingerprint density at radius 2 is 1.93 bits per heavy atom. The third-order valence-corrected chi connectivity index (χ3v) is 4.27. The number of amides is 1. The van der Waals surface area contributed by atoms with Crippen molar-refractivity contribution in [2.24, 2.45) is 0 Å². The van der Waals surface area contributed by atoms with Gasteiger partial charge in [-0.25, -0.2) is 4.98 Å². The van der Waals surface area contributed by atoms with E-state index in [2.05, 4.69) is 15.6 Å². The number of hydrogen-bond donors (Lipinski definition) is 2. The van der Waals surface area contributed by atoms with Crippen molar-refractivity contribution >= 4 is 23.1 Å². The summed E-state index contributed by atoms with van der Waals surface area (Å²) in [5, 5.41) is 6.04. The number of methoxy groups -OCH3 is 1. The maximum absolute atomic E-state index is 12.5. The number of pyridine rings is 1. The summed E-state index contributed by atoms with van der Waals surface area (Å²) in [5.74, 6) is 2.37. The zero-order valence-electron chi connectivity index (χ0n) is 15.5. The van der Waals surface area contributed by atoms with Crippen LogP contribution in [-0.2, 0) is 0 Å². The van der Waals surface area contributed by atoms with Crippen LogP contribution in [0.1, 0.15) is 15.9 Å². The lowest BCUT2D eigenvalue weighted by molar-refractivity contribution is 0.102. The molecule has 142 valence electrons. The minimum Gasteiger partial charge on any atom is -0.495 e. The van der Waals surface area contributed by atoms with Crippen LogP contribution in [0.3, 0.4) is 0 Å². The summed E-state index contributed by atoms with van der Waals surface area (Å²) >= 11 is 0. The van der Waals surface area contributed by atoms with E-state index in [-0.39, 0.29) is 12.7 Å². The zero-order chi connectivity index (χ0) is 19.5. The topological polar surface area (TPSA) is 81.7 Å². The molecule has 0 aliphatic carbocycles. The first-order valence-electron chi connectivity index (χ1n) is 8.71. The number of nitrogens with zero attached hydrogens (tertiary/aromatic N) is 1. The Morgan fingerprint density at radius 1 is 1.07 bits per heavy atom.